The van der Waals surface area contributed by atoms with Gasteiger partial charge < -0.3 is 10.1 Å². The molecule has 6 heteroatoms. The second-order valence-electron chi connectivity index (χ2n) is 3.91. The van der Waals surface area contributed by atoms with Crippen molar-refractivity contribution in [3.05, 3.63) is 51.6 Å². The standard InChI is InChI=1S/C14H12BrClN2O2/c1-2-20-14(19)9-3-6-13(17-8-9)18-10-4-5-12(16)11(15)7-10/h3-8H,2H2,1H3,(H,17,18). The van der Waals surface area contributed by atoms with Crippen LogP contribution in [0.3, 0.4) is 0 Å². The highest BCUT2D eigenvalue weighted by atomic mass is 79.9. The number of hydrogen-bond acceptors (Lipinski definition) is 4. The predicted molar refractivity (Wildman–Crippen MR) is 82.6 cm³/mol. The molecule has 104 valence electrons. The largest absolute Gasteiger partial charge is 0.462 e. The highest BCUT2D eigenvalue weighted by Crippen LogP contribution is 2.26. The molecule has 1 aromatic heterocycles. The molecule has 1 aromatic carbocycles. The first kappa shape index (κ1) is 14.8. The van der Waals surface area contributed by atoms with E-state index in [2.05, 4.69) is 26.2 Å². The molecule has 0 aliphatic carbocycles. The van der Waals surface area contributed by atoms with E-state index in [0.717, 1.165) is 10.2 Å². The van der Waals surface area contributed by atoms with Crippen LogP contribution in [0.15, 0.2) is 41.0 Å². The molecule has 0 bridgehead atoms. The average molecular weight is 356 g/mol. The summed E-state index contributed by atoms with van der Waals surface area (Å²) >= 11 is 9.28. The van der Waals surface area contributed by atoms with Crippen molar-refractivity contribution in [2.45, 2.75) is 6.92 Å². The monoisotopic (exact) mass is 354 g/mol. The third kappa shape index (κ3) is 3.71. The van der Waals surface area contributed by atoms with Gasteiger partial charge in [0.15, 0.2) is 0 Å². The minimum absolute atomic E-state index is 0.345. The van der Waals surface area contributed by atoms with Gasteiger partial charge in [-0.1, -0.05) is 11.6 Å². The predicted octanol–water partition coefficient (Wildman–Crippen LogP) is 4.42. The number of benzene rings is 1. The van der Waals surface area contributed by atoms with Gasteiger partial charge in [0.1, 0.15) is 5.82 Å². The molecule has 0 aliphatic heterocycles. The van der Waals surface area contributed by atoms with Crippen LogP contribution >= 0.6 is 27.5 Å². The fraction of sp³-hybridized carbons (Fsp3) is 0.143. The number of aromatic nitrogens is 1. The maximum Gasteiger partial charge on any atom is 0.339 e. The first-order valence-electron chi connectivity index (χ1n) is 5.95. The zero-order chi connectivity index (χ0) is 14.5. The third-order valence-electron chi connectivity index (χ3n) is 2.47. The summed E-state index contributed by atoms with van der Waals surface area (Å²) in [5, 5.41) is 3.76. The Balaban J connectivity index is 2.10. The van der Waals surface area contributed by atoms with Gasteiger partial charge in [-0.05, 0) is 53.2 Å². The zero-order valence-electron chi connectivity index (χ0n) is 10.7. The van der Waals surface area contributed by atoms with Gasteiger partial charge in [0.05, 0.1) is 17.2 Å². The molecular formula is C14H12BrClN2O2. The van der Waals surface area contributed by atoms with Gasteiger partial charge in [0, 0.05) is 16.4 Å². The Morgan fingerprint density at radius 3 is 2.80 bits per heavy atom. The van der Waals surface area contributed by atoms with E-state index in [1.807, 2.05) is 12.1 Å². The number of pyridine rings is 1. The molecule has 0 saturated heterocycles. The lowest BCUT2D eigenvalue weighted by molar-refractivity contribution is 0.0526. The Labute approximate surface area is 130 Å². The van der Waals surface area contributed by atoms with Crippen LogP contribution in [-0.2, 0) is 4.74 Å². The second-order valence-corrected chi connectivity index (χ2v) is 5.17. The van der Waals surface area contributed by atoms with Crippen molar-refractivity contribution in [1.29, 1.82) is 0 Å². The number of carbonyl (C=O) groups excluding carboxylic acids is 1. The summed E-state index contributed by atoms with van der Waals surface area (Å²) < 4.78 is 5.69. The number of nitrogens with one attached hydrogen (secondary N) is 1. The summed E-state index contributed by atoms with van der Waals surface area (Å²) in [5.74, 6) is 0.257. The fourth-order valence-corrected chi connectivity index (χ4v) is 2.02. The molecule has 0 fully saturated rings. The SMILES string of the molecule is CCOC(=O)c1ccc(Nc2ccc(Cl)c(Br)c2)nc1. The molecule has 2 aromatic rings. The summed E-state index contributed by atoms with van der Waals surface area (Å²) in [6, 6.07) is 8.85. The topological polar surface area (TPSA) is 51.2 Å². The second kappa shape index (κ2) is 6.72. The highest BCUT2D eigenvalue weighted by molar-refractivity contribution is 9.10. The molecule has 20 heavy (non-hydrogen) atoms. The van der Waals surface area contributed by atoms with Gasteiger partial charge >= 0.3 is 5.97 Å². The van der Waals surface area contributed by atoms with Crippen molar-refractivity contribution in [3.63, 3.8) is 0 Å². The van der Waals surface area contributed by atoms with Gasteiger partial charge in [-0.15, -0.1) is 0 Å². The Morgan fingerprint density at radius 2 is 2.20 bits per heavy atom. The summed E-state index contributed by atoms with van der Waals surface area (Å²) in [6.07, 6.45) is 1.48. The molecule has 0 radical (unpaired) electrons. The van der Waals surface area contributed by atoms with Crippen LogP contribution in [0.1, 0.15) is 17.3 Å². The fourth-order valence-electron chi connectivity index (χ4n) is 1.52. The molecule has 2 rings (SSSR count). The van der Waals surface area contributed by atoms with Crippen molar-refractivity contribution in [3.8, 4) is 0 Å². The van der Waals surface area contributed by atoms with E-state index in [-0.39, 0.29) is 5.97 Å². The number of hydrogen-bond donors (Lipinski definition) is 1. The molecular weight excluding hydrogens is 344 g/mol. The minimum Gasteiger partial charge on any atom is -0.462 e. The first-order chi connectivity index (χ1) is 9.60. The van der Waals surface area contributed by atoms with E-state index in [9.17, 15) is 4.79 Å². The summed E-state index contributed by atoms with van der Waals surface area (Å²) in [6.45, 7) is 2.11. The Morgan fingerprint density at radius 1 is 1.40 bits per heavy atom. The Hall–Kier alpha value is -1.59. The van der Waals surface area contributed by atoms with E-state index < -0.39 is 0 Å². The molecule has 0 spiro atoms. The van der Waals surface area contributed by atoms with Crippen molar-refractivity contribution >= 4 is 45.0 Å². The number of nitrogens with zero attached hydrogens (tertiary/aromatic N) is 1. The van der Waals surface area contributed by atoms with E-state index in [0.29, 0.717) is 23.0 Å². The highest BCUT2D eigenvalue weighted by Gasteiger charge is 2.07. The summed E-state index contributed by atoms with van der Waals surface area (Å²) in [4.78, 5) is 15.7. The first-order valence-corrected chi connectivity index (χ1v) is 7.12. The maximum absolute atomic E-state index is 11.5. The smallest absolute Gasteiger partial charge is 0.339 e. The lowest BCUT2D eigenvalue weighted by atomic mass is 10.3. The molecule has 0 amide bonds. The zero-order valence-corrected chi connectivity index (χ0v) is 13.0. The van der Waals surface area contributed by atoms with Crippen molar-refractivity contribution in [2.24, 2.45) is 0 Å². The van der Waals surface area contributed by atoms with E-state index in [1.54, 1.807) is 25.1 Å². The maximum atomic E-state index is 11.5. The Kier molecular flexibility index (Phi) is 4.98. The number of esters is 1. The van der Waals surface area contributed by atoms with E-state index in [4.69, 9.17) is 16.3 Å². The third-order valence-corrected chi connectivity index (χ3v) is 3.68. The van der Waals surface area contributed by atoms with Gasteiger partial charge in [0.2, 0.25) is 0 Å². The molecule has 1 N–H and O–H groups in total. The van der Waals surface area contributed by atoms with Gasteiger partial charge in [-0.2, -0.15) is 0 Å². The van der Waals surface area contributed by atoms with Crippen LogP contribution in [-0.4, -0.2) is 17.6 Å². The molecule has 0 saturated carbocycles. The number of ether oxygens (including phenoxy) is 1. The molecule has 0 unspecified atom stereocenters. The molecule has 4 nitrogen and oxygen atoms in total. The number of anilines is 2. The lowest BCUT2D eigenvalue weighted by Gasteiger charge is -2.07. The van der Waals surface area contributed by atoms with Crippen LogP contribution in [0.4, 0.5) is 11.5 Å². The number of carbonyl (C=O) groups is 1. The molecule has 1 heterocycles. The van der Waals surface area contributed by atoms with E-state index >= 15 is 0 Å². The lowest BCUT2D eigenvalue weighted by Crippen LogP contribution is -2.05. The molecule has 0 aliphatic rings. The van der Waals surface area contributed by atoms with E-state index in [1.165, 1.54) is 6.20 Å². The van der Waals surface area contributed by atoms with Crippen LogP contribution < -0.4 is 5.32 Å². The van der Waals surface area contributed by atoms with Crippen LogP contribution in [0, 0.1) is 0 Å². The Bertz CT molecular complexity index is 617. The summed E-state index contributed by atoms with van der Waals surface area (Å²) in [5.41, 5.74) is 1.27. The van der Waals surface area contributed by atoms with Crippen LogP contribution in [0.25, 0.3) is 0 Å². The van der Waals surface area contributed by atoms with Gasteiger partial charge in [-0.25, -0.2) is 9.78 Å². The van der Waals surface area contributed by atoms with Gasteiger partial charge in [0.25, 0.3) is 0 Å². The number of halogens is 2. The molecule has 0 atom stereocenters. The summed E-state index contributed by atoms with van der Waals surface area (Å²) in [7, 11) is 0. The van der Waals surface area contributed by atoms with Crippen LogP contribution in [0.2, 0.25) is 5.02 Å². The normalized spacial score (nSPS) is 10.2. The van der Waals surface area contributed by atoms with Crippen molar-refractivity contribution in [2.75, 3.05) is 11.9 Å². The van der Waals surface area contributed by atoms with Gasteiger partial charge in [-0.3, -0.25) is 0 Å². The van der Waals surface area contributed by atoms with Crippen LogP contribution in [0.5, 0.6) is 0 Å². The minimum atomic E-state index is -0.374. The quantitative estimate of drug-likeness (QED) is 0.825. The number of rotatable bonds is 4. The van der Waals surface area contributed by atoms with Crippen molar-refractivity contribution < 1.29 is 9.53 Å². The average Bonchev–Trinajstić information content (AvgIpc) is 2.44. The van der Waals surface area contributed by atoms with Crippen molar-refractivity contribution in [1.82, 2.24) is 4.98 Å².